The van der Waals surface area contributed by atoms with E-state index in [1.807, 2.05) is 12.1 Å². The van der Waals surface area contributed by atoms with Gasteiger partial charge in [-0.05, 0) is 30.3 Å². The Balaban J connectivity index is 1.40. The lowest BCUT2D eigenvalue weighted by atomic mass is 10.2. The van der Waals surface area contributed by atoms with Gasteiger partial charge in [-0.15, -0.1) is 0 Å². The first-order valence-corrected chi connectivity index (χ1v) is 9.30. The van der Waals surface area contributed by atoms with Gasteiger partial charge in [-0.2, -0.15) is 9.97 Å². The smallest absolute Gasteiger partial charge is 0.233 e. The molecule has 0 saturated carbocycles. The van der Waals surface area contributed by atoms with Gasteiger partial charge < -0.3 is 19.9 Å². The number of nitrogens with one attached hydrogen (secondary N) is 3. The Hall–Kier alpha value is -3.79. The third-order valence-corrected chi connectivity index (χ3v) is 4.58. The predicted octanol–water partition coefficient (Wildman–Crippen LogP) is 2.47. The number of nitrogens with zero attached hydrogens (tertiary/aromatic N) is 6. The van der Waals surface area contributed by atoms with Crippen molar-refractivity contribution in [1.29, 1.82) is 0 Å². The van der Waals surface area contributed by atoms with Crippen molar-refractivity contribution in [3.8, 4) is 0 Å². The van der Waals surface area contributed by atoms with Crippen LogP contribution in [-0.4, -0.2) is 56.2 Å². The van der Waals surface area contributed by atoms with Crippen LogP contribution in [0.4, 0.5) is 29.1 Å². The summed E-state index contributed by atoms with van der Waals surface area (Å²) in [6.45, 7) is 3.34. The molecule has 3 N–H and O–H groups in total. The molecule has 0 spiro atoms. The Bertz CT molecular complexity index is 1090. The lowest BCUT2D eigenvalue weighted by Gasteiger charge is -2.28. The maximum Gasteiger partial charge on any atom is 0.233 e. The van der Waals surface area contributed by atoms with E-state index in [1.165, 1.54) is 5.69 Å². The van der Waals surface area contributed by atoms with E-state index in [-0.39, 0.29) is 0 Å². The van der Waals surface area contributed by atoms with E-state index in [2.05, 4.69) is 57.6 Å². The van der Waals surface area contributed by atoms with Gasteiger partial charge in [-0.25, -0.2) is 15.0 Å². The van der Waals surface area contributed by atoms with Gasteiger partial charge in [0.2, 0.25) is 11.9 Å². The molecule has 10 heteroatoms. The van der Waals surface area contributed by atoms with Gasteiger partial charge in [0, 0.05) is 36.9 Å². The summed E-state index contributed by atoms with van der Waals surface area (Å²) in [6.07, 6.45) is 4.89. The Morgan fingerprint density at radius 3 is 2.48 bits per heavy atom. The number of H-pyrrole nitrogens is 1. The van der Waals surface area contributed by atoms with Crippen LogP contribution in [0.1, 0.15) is 0 Å². The Kier molecular flexibility index (Phi) is 4.59. The van der Waals surface area contributed by atoms with E-state index in [1.54, 1.807) is 24.8 Å². The minimum Gasteiger partial charge on any atom is -0.378 e. The molecule has 1 saturated heterocycles. The van der Waals surface area contributed by atoms with Crippen LogP contribution in [0.2, 0.25) is 0 Å². The fourth-order valence-corrected chi connectivity index (χ4v) is 3.16. The highest BCUT2D eigenvalue weighted by atomic mass is 16.5. The van der Waals surface area contributed by atoms with Crippen LogP contribution in [0, 0.1) is 0 Å². The number of fused-ring (bicyclic) bond motifs is 1. The predicted molar refractivity (Wildman–Crippen MR) is 110 cm³/mol. The van der Waals surface area contributed by atoms with Gasteiger partial charge in [-0.3, -0.25) is 5.32 Å². The second-order valence-electron chi connectivity index (χ2n) is 6.47. The molecule has 5 rings (SSSR count). The molecular weight excluding hydrogens is 370 g/mol. The molecule has 1 fully saturated rings. The summed E-state index contributed by atoms with van der Waals surface area (Å²) < 4.78 is 5.42. The maximum absolute atomic E-state index is 5.42. The van der Waals surface area contributed by atoms with Crippen molar-refractivity contribution in [3.63, 3.8) is 0 Å². The second kappa shape index (κ2) is 7.68. The molecule has 0 bridgehead atoms. The normalized spacial score (nSPS) is 14.1. The van der Waals surface area contributed by atoms with Crippen LogP contribution in [0.3, 0.4) is 0 Å². The molecule has 4 aromatic rings. The fraction of sp³-hybridized carbons (Fsp3) is 0.211. The molecule has 4 heterocycles. The highest BCUT2D eigenvalue weighted by Crippen LogP contribution is 2.25. The SMILES string of the molecule is c1cnc(Nc2nc(Nc3ccc(N4CCOCC4)cc3)c3[nH]cnc3n2)nc1. The summed E-state index contributed by atoms with van der Waals surface area (Å²) in [4.78, 5) is 26.9. The van der Waals surface area contributed by atoms with Crippen molar-refractivity contribution in [3.05, 3.63) is 49.1 Å². The van der Waals surface area contributed by atoms with Crippen molar-refractivity contribution in [2.45, 2.75) is 0 Å². The first kappa shape index (κ1) is 17.3. The fourth-order valence-electron chi connectivity index (χ4n) is 3.16. The van der Waals surface area contributed by atoms with Crippen LogP contribution in [0.5, 0.6) is 0 Å². The average molecular weight is 389 g/mol. The van der Waals surface area contributed by atoms with Gasteiger partial charge in [0.15, 0.2) is 11.5 Å². The second-order valence-corrected chi connectivity index (χ2v) is 6.47. The third kappa shape index (κ3) is 3.78. The number of morpholine rings is 1. The standard InChI is InChI=1S/C19H19N9O/c1-6-20-18(21-7-1)27-19-25-16-15(22-12-23-16)17(26-19)24-13-2-4-14(5-3-13)28-8-10-29-11-9-28/h1-7,12H,8-11H2,(H3,20,21,22,23,24,25,26,27). The molecule has 1 aliphatic rings. The zero-order chi connectivity index (χ0) is 19.5. The highest BCUT2D eigenvalue weighted by molar-refractivity contribution is 5.86. The molecule has 3 aromatic heterocycles. The summed E-state index contributed by atoms with van der Waals surface area (Å²) in [5, 5.41) is 6.35. The topological polar surface area (TPSA) is 117 Å². The van der Waals surface area contributed by atoms with Crippen molar-refractivity contribution in [2.24, 2.45) is 0 Å². The molecule has 1 aliphatic heterocycles. The number of anilines is 5. The van der Waals surface area contributed by atoms with E-state index in [4.69, 9.17) is 4.74 Å². The van der Waals surface area contributed by atoms with Crippen LogP contribution < -0.4 is 15.5 Å². The Morgan fingerprint density at radius 2 is 1.69 bits per heavy atom. The number of imidazole rings is 1. The number of hydrogen-bond donors (Lipinski definition) is 3. The summed E-state index contributed by atoms with van der Waals surface area (Å²) in [5.74, 6) is 1.40. The van der Waals surface area contributed by atoms with Crippen molar-refractivity contribution < 1.29 is 4.74 Å². The summed E-state index contributed by atoms with van der Waals surface area (Å²) in [5.41, 5.74) is 3.36. The quantitative estimate of drug-likeness (QED) is 0.473. The lowest BCUT2D eigenvalue weighted by Crippen LogP contribution is -2.36. The molecule has 146 valence electrons. The van der Waals surface area contributed by atoms with Crippen molar-refractivity contribution in [1.82, 2.24) is 29.9 Å². The average Bonchev–Trinajstić information content (AvgIpc) is 3.25. The van der Waals surface area contributed by atoms with Gasteiger partial charge in [0.05, 0.1) is 19.5 Å². The Labute approximate surface area is 166 Å². The molecule has 1 aromatic carbocycles. The number of ether oxygens (including phenoxy) is 1. The minimum atomic E-state index is 0.364. The summed E-state index contributed by atoms with van der Waals surface area (Å²) in [6, 6.07) is 9.99. The van der Waals surface area contributed by atoms with E-state index in [0.29, 0.717) is 23.4 Å². The summed E-state index contributed by atoms with van der Waals surface area (Å²) >= 11 is 0. The molecular formula is C19H19N9O. The first-order chi connectivity index (χ1) is 14.3. The third-order valence-electron chi connectivity index (χ3n) is 4.58. The number of rotatable bonds is 5. The van der Waals surface area contributed by atoms with E-state index in [9.17, 15) is 0 Å². The number of aromatic nitrogens is 6. The minimum absolute atomic E-state index is 0.364. The monoisotopic (exact) mass is 389 g/mol. The molecule has 0 radical (unpaired) electrons. The van der Waals surface area contributed by atoms with Gasteiger partial charge in [0.25, 0.3) is 0 Å². The van der Waals surface area contributed by atoms with E-state index in [0.717, 1.165) is 37.5 Å². The van der Waals surface area contributed by atoms with Gasteiger partial charge in [0.1, 0.15) is 5.52 Å². The highest BCUT2D eigenvalue weighted by Gasteiger charge is 2.13. The number of aromatic amines is 1. The number of hydrogen-bond acceptors (Lipinski definition) is 9. The van der Waals surface area contributed by atoms with Gasteiger partial charge in [-0.1, -0.05) is 0 Å². The van der Waals surface area contributed by atoms with Crippen LogP contribution in [-0.2, 0) is 4.74 Å². The largest absolute Gasteiger partial charge is 0.378 e. The lowest BCUT2D eigenvalue weighted by molar-refractivity contribution is 0.122. The molecule has 10 nitrogen and oxygen atoms in total. The zero-order valence-corrected chi connectivity index (χ0v) is 15.5. The first-order valence-electron chi connectivity index (χ1n) is 9.30. The van der Waals surface area contributed by atoms with Gasteiger partial charge >= 0.3 is 0 Å². The van der Waals surface area contributed by atoms with Crippen molar-refractivity contribution >= 4 is 40.3 Å². The van der Waals surface area contributed by atoms with Crippen LogP contribution >= 0.6 is 0 Å². The number of benzene rings is 1. The van der Waals surface area contributed by atoms with E-state index < -0.39 is 0 Å². The Morgan fingerprint density at radius 1 is 0.897 bits per heavy atom. The summed E-state index contributed by atoms with van der Waals surface area (Å²) in [7, 11) is 0. The maximum atomic E-state index is 5.42. The van der Waals surface area contributed by atoms with Crippen LogP contribution in [0.15, 0.2) is 49.1 Å². The molecule has 0 aliphatic carbocycles. The van der Waals surface area contributed by atoms with Crippen LogP contribution in [0.25, 0.3) is 11.2 Å². The zero-order valence-electron chi connectivity index (χ0n) is 15.5. The molecule has 0 atom stereocenters. The van der Waals surface area contributed by atoms with E-state index >= 15 is 0 Å². The molecule has 29 heavy (non-hydrogen) atoms. The molecule has 0 amide bonds. The molecule has 0 unspecified atom stereocenters. The van der Waals surface area contributed by atoms with Crippen molar-refractivity contribution in [2.75, 3.05) is 41.8 Å².